The number of hydrogen-bond donors (Lipinski definition) is 1. The zero-order chi connectivity index (χ0) is 39.6. The monoisotopic (exact) mass is 777 g/mol. The van der Waals surface area contributed by atoms with Crippen molar-refractivity contribution >= 4 is 19.8 Å². The van der Waals surface area contributed by atoms with E-state index in [1.165, 1.54) is 32.1 Å². The van der Waals surface area contributed by atoms with E-state index in [0.29, 0.717) is 6.42 Å². The standard InChI is InChI=1S/C45H77O8P/c1-4-7-9-11-13-15-17-19-20-21-22-23-24-25-26-28-30-32-34-36-38-40-45(47)53-43(42-52-54(48,49)51-6-3)41-50-44(46)39-37-35-33-31-29-27-18-16-14-12-10-8-5-2/h7,9-10,12-13,15-16,18-20,22-23,43H,4-6,8,11,14,17,21,24-42H2,1-3H3,(H,48,49)/b9-7-,12-10-,15-13-,18-16-,20-19-,23-22-. The Morgan fingerprint density at radius 3 is 1.43 bits per heavy atom. The fourth-order valence-corrected chi connectivity index (χ4v) is 6.18. The van der Waals surface area contributed by atoms with Crippen molar-refractivity contribution in [1.82, 2.24) is 0 Å². The third kappa shape index (κ3) is 39.2. The average Bonchev–Trinajstić information content (AvgIpc) is 3.15. The Morgan fingerprint density at radius 1 is 0.519 bits per heavy atom. The van der Waals surface area contributed by atoms with Gasteiger partial charge in [-0.3, -0.25) is 18.6 Å². The molecule has 0 aliphatic heterocycles. The average molecular weight is 777 g/mol. The highest BCUT2D eigenvalue weighted by Crippen LogP contribution is 2.43. The van der Waals surface area contributed by atoms with Crippen LogP contribution < -0.4 is 0 Å². The van der Waals surface area contributed by atoms with Crippen molar-refractivity contribution in [2.45, 2.75) is 181 Å². The van der Waals surface area contributed by atoms with Crippen LogP contribution >= 0.6 is 7.82 Å². The number of esters is 2. The number of rotatable bonds is 38. The van der Waals surface area contributed by atoms with Gasteiger partial charge in [-0.1, -0.05) is 151 Å². The van der Waals surface area contributed by atoms with Crippen LogP contribution in [0.1, 0.15) is 175 Å². The minimum atomic E-state index is -4.29. The maximum atomic E-state index is 12.6. The van der Waals surface area contributed by atoms with E-state index in [4.69, 9.17) is 18.5 Å². The van der Waals surface area contributed by atoms with E-state index in [1.807, 2.05) is 0 Å². The first-order valence-electron chi connectivity index (χ1n) is 21.2. The molecule has 310 valence electrons. The van der Waals surface area contributed by atoms with Gasteiger partial charge in [0.2, 0.25) is 0 Å². The van der Waals surface area contributed by atoms with Crippen molar-refractivity contribution in [3.8, 4) is 0 Å². The quantitative estimate of drug-likeness (QED) is 0.0286. The molecule has 2 unspecified atom stereocenters. The second-order valence-electron chi connectivity index (χ2n) is 13.6. The number of carbonyl (C=O) groups is 2. The van der Waals surface area contributed by atoms with Crippen molar-refractivity contribution in [3.05, 3.63) is 72.9 Å². The Balaban J connectivity index is 4.11. The van der Waals surface area contributed by atoms with Crippen LogP contribution in [0.2, 0.25) is 0 Å². The highest BCUT2D eigenvalue weighted by Gasteiger charge is 2.25. The summed E-state index contributed by atoms with van der Waals surface area (Å²) in [5.74, 6) is -0.829. The maximum absolute atomic E-state index is 12.6. The first-order valence-corrected chi connectivity index (χ1v) is 22.7. The van der Waals surface area contributed by atoms with Crippen LogP contribution in [-0.4, -0.2) is 42.8 Å². The minimum absolute atomic E-state index is 0.00727. The number of hydrogen-bond acceptors (Lipinski definition) is 7. The van der Waals surface area contributed by atoms with E-state index in [2.05, 4.69) is 86.8 Å². The molecule has 54 heavy (non-hydrogen) atoms. The van der Waals surface area contributed by atoms with Gasteiger partial charge < -0.3 is 14.4 Å². The molecule has 0 fully saturated rings. The van der Waals surface area contributed by atoms with Gasteiger partial charge in [0.1, 0.15) is 6.61 Å². The number of carbonyl (C=O) groups excluding carboxylic acids is 2. The van der Waals surface area contributed by atoms with Crippen LogP contribution in [0.3, 0.4) is 0 Å². The SMILES string of the molecule is CC/C=C\C/C=C\C/C=C\C/C=C\CCCCCCCCCCC(=O)OC(COC(=O)CCCCCCC/C=C\C/C=C\CCC)COP(=O)(O)OCC. The molecule has 0 amide bonds. The van der Waals surface area contributed by atoms with Crippen molar-refractivity contribution in [2.24, 2.45) is 0 Å². The van der Waals surface area contributed by atoms with Gasteiger partial charge in [0, 0.05) is 12.8 Å². The van der Waals surface area contributed by atoms with E-state index >= 15 is 0 Å². The molecule has 0 aliphatic rings. The molecule has 0 aromatic carbocycles. The van der Waals surface area contributed by atoms with E-state index in [1.54, 1.807) is 6.92 Å². The zero-order valence-electron chi connectivity index (χ0n) is 34.3. The molecule has 0 aromatic heterocycles. The Hall–Kier alpha value is -2.51. The van der Waals surface area contributed by atoms with E-state index < -0.39 is 26.5 Å². The number of phosphoric ester groups is 1. The van der Waals surface area contributed by atoms with Gasteiger partial charge in [-0.25, -0.2) is 4.57 Å². The summed E-state index contributed by atoms with van der Waals surface area (Å²) in [7, 11) is -4.29. The normalized spacial score (nSPS) is 14.1. The Labute approximate surface area is 330 Å². The molecule has 0 saturated carbocycles. The first kappa shape index (κ1) is 51.5. The molecule has 0 aliphatic carbocycles. The van der Waals surface area contributed by atoms with Crippen LogP contribution in [-0.2, 0) is 32.7 Å². The van der Waals surface area contributed by atoms with Crippen LogP contribution in [0.25, 0.3) is 0 Å². The largest absolute Gasteiger partial charge is 0.472 e. The number of allylic oxidation sites excluding steroid dienone is 12. The number of phosphoric acid groups is 1. The van der Waals surface area contributed by atoms with Gasteiger partial charge in [-0.2, -0.15) is 0 Å². The molecule has 0 radical (unpaired) electrons. The lowest BCUT2D eigenvalue weighted by molar-refractivity contribution is -0.161. The van der Waals surface area contributed by atoms with Crippen LogP contribution in [0.15, 0.2) is 72.9 Å². The summed E-state index contributed by atoms with van der Waals surface area (Å²) in [5.41, 5.74) is 0. The fraction of sp³-hybridized carbons (Fsp3) is 0.689. The van der Waals surface area contributed by atoms with Crippen molar-refractivity contribution in [2.75, 3.05) is 19.8 Å². The minimum Gasteiger partial charge on any atom is -0.462 e. The van der Waals surface area contributed by atoms with E-state index in [0.717, 1.165) is 103 Å². The maximum Gasteiger partial charge on any atom is 0.472 e. The third-order valence-electron chi connectivity index (χ3n) is 8.48. The molecular weight excluding hydrogens is 699 g/mol. The molecule has 0 spiro atoms. The van der Waals surface area contributed by atoms with Gasteiger partial charge in [-0.05, 0) is 84.0 Å². The summed E-state index contributed by atoms with van der Waals surface area (Å²) in [6.07, 6.45) is 49.5. The lowest BCUT2D eigenvalue weighted by Gasteiger charge is -2.19. The first-order chi connectivity index (χ1) is 26.3. The summed E-state index contributed by atoms with van der Waals surface area (Å²) < 4.78 is 32.6. The molecule has 8 nitrogen and oxygen atoms in total. The number of unbranched alkanes of at least 4 members (excludes halogenated alkanes) is 14. The predicted molar refractivity (Wildman–Crippen MR) is 225 cm³/mol. The molecule has 0 aromatic rings. The predicted octanol–water partition coefficient (Wildman–Crippen LogP) is 13.3. The second kappa shape index (κ2) is 40.2. The summed E-state index contributed by atoms with van der Waals surface area (Å²) in [4.78, 5) is 34.7. The van der Waals surface area contributed by atoms with Gasteiger partial charge in [-0.15, -0.1) is 0 Å². The van der Waals surface area contributed by atoms with Gasteiger partial charge in [0.05, 0.1) is 13.2 Å². The summed E-state index contributed by atoms with van der Waals surface area (Å²) in [6.45, 7) is 5.26. The van der Waals surface area contributed by atoms with Crippen LogP contribution in [0.4, 0.5) is 0 Å². The Bertz CT molecular complexity index is 1110. The molecular formula is C45H77O8P. The Morgan fingerprint density at radius 2 is 0.944 bits per heavy atom. The molecule has 0 rings (SSSR count). The molecule has 9 heteroatoms. The molecule has 0 bridgehead atoms. The summed E-state index contributed by atoms with van der Waals surface area (Å²) >= 11 is 0. The molecule has 2 atom stereocenters. The lowest BCUT2D eigenvalue weighted by atomic mass is 10.1. The summed E-state index contributed by atoms with van der Waals surface area (Å²) in [6, 6.07) is 0. The molecule has 1 N–H and O–H groups in total. The smallest absolute Gasteiger partial charge is 0.462 e. The fourth-order valence-electron chi connectivity index (χ4n) is 5.42. The van der Waals surface area contributed by atoms with Crippen molar-refractivity contribution in [1.29, 1.82) is 0 Å². The second-order valence-corrected chi connectivity index (χ2v) is 15.1. The Kier molecular flexibility index (Phi) is 38.3. The third-order valence-corrected chi connectivity index (χ3v) is 9.54. The van der Waals surface area contributed by atoms with Crippen molar-refractivity contribution < 1.29 is 37.6 Å². The molecule has 0 heterocycles. The topological polar surface area (TPSA) is 108 Å². The van der Waals surface area contributed by atoms with E-state index in [9.17, 15) is 19.0 Å². The van der Waals surface area contributed by atoms with Crippen LogP contribution in [0.5, 0.6) is 0 Å². The lowest BCUT2D eigenvalue weighted by Crippen LogP contribution is -2.29. The van der Waals surface area contributed by atoms with Gasteiger partial charge >= 0.3 is 19.8 Å². The number of ether oxygens (including phenoxy) is 2. The van der Waals surface area contributed by atoms with Gasteiger partial charge in [0.25, 0.3) is 0 Å². The highest BCUT2D eigenvalue weighted by atomic mass is 31.2. The highest BCUT2D eigenvalue weighted by molar-refractivity contribution is 7.47. The van der Waals surface area contributed by atoms with Crippen molar-refractivity contribution in [3.63, 3.8) is 0 Å². The summed E-state index contributed by atoms with van der Waals surface area (Å²) in [5, 5.41) is 0. The van der Waals surface area contributed by atoms with E-state index in [-0.39, 0.29) is 32.0 Å². The van der Waals surface area contributed by atoms with Crippen LogP contribution in [0, 0.1) is 0 Å². The molecule has 0 saturated heterocycles. The van der Waals surface area contributed by atoms with Gasteiger partial charge in [0.15, 0.2) is 6.10 Å². The zero-order valence-corrected chi connectivity index (χ0v) is 35.2.